The van der Waals surface area contributed by atoms with Gasteiger partial charge in [-0.2, -0.15) is 0 Å². The van der Waals surface area contributed by atoms with Gasteiger partial charge in [-0.3, -0.25) is 9.59 Å². The smallest absolute Gasteiger partial charge is 0.306 e. The lowest BCUT2D eigenvalue weighted by atomic mass is 10.0. The van der Waals surface area contributed by atoms with Gasteiger partial charge in [-0.15, -0.1) is 0 Å². The van der Waals surface area contributed by atoms with Crippen LogP contribution in [0.25, 0.3) is 0 Å². The molecule has 8 heteroatoms. The molecule has 0 unspecified atom stereocenters. The molecular formula is C13H26N2O6. The van der Waals surface area contributed by atoms with Crippen LogP contribution in [-0.4, -0.2) is 84.7 Å². The van der Waals surface area contributed by atoms with Gasteiger partial charge in [-0.1, -0.05) is 6.92 Å². The van der Waals surface area contributed by atoms with E-state index in [1.165, 1.54) is 14.0 Å². The highest BCUT2D eigenvalue weighted by molar-refractivity contribution is 5.81. The Morgan fingerprint density at radius 1 is 1.29 bits per heavy atom. The van der Waals surface area contributed by atoms with Crippen LogP contribution in [0.15, 0.2) is 0 Å². The number of aliphatic hydroxyl groups excluding tert-OH is 2. The molecule has 0 aliphatic rings. The quantitative estimate of drug-likeness (QED) is 0.388. The maximum Gasteiger partial charge on any atom is 0.306 e. The second-order valence-corrected chi connectivity index (χ2v) is 5.24. The van der Waals surface area contributed by atoms with Crippen molar-refractivity contribution in [1.82, 2.24) is 10.2 Å². The van der Waals surface area contributed by atoms with Gasteiger partial charge in [0.25, 0.3) is 5.91 Å². The summed E-state index contributed by atoms with van der Waals surface area (Å²) in [6, 6.07) is -0.534. The summed E-state index contributed by atoms with van der Waals surface area (Å²) in [6.45, 7) is 1.81. The molecule has 4 N–H and O–H groups in total. The topological polar surface area (TPSA) is 119 Å². The normalized spacial score (nSPS) is 17.1. The lowest BCUT2D eigenvalue weighted by Gasteiger charge is -2.30. The fraction of sp³-hybridized carbons (Fsp3) is 0.846. The van der Waals surface area contributed by atoms with Crippen LogP contribution in [0.5, 0.6) is 0 Å². The van der Waals surface area contributed by atoms with E-state index in [4.69, 9.17) is 9.84 Å². The molecule has 0 aromatic carbocycles. The van der Waals surface area contributed by atoms with E-state index in [2.05, 4.69) is 5.32 Å². The first-order valence-electron chi connectivity index (χ1n) is 6.74. The second-order valence-electron chi connectivity index (χ2n) is 5.24. The average molecular weight is 306 g/mol. The Kier molecular flexibility index (Phi) is 9.11. The van der Waals surface area contributed by atoms with Crippen molar-refractivity contribution in [2.45, 2.75) is 31.6 Å². The molecule has 0 aromatic heterocycles. The van der Waals surface area contributed by atoms with Crippen molar-refractivity contribution in [2.75, 3.05) is 34.4 Å². The Morgan fingerprint density at radius 3 is 2.29 bits per heavy atom. The molecule has 0 heterocycles. The van der Waals surface area contributed by atoms with Crippen LogP contribution in [0.2, 0.25) is 0 Å². The van der Waals surface area contributed by atoms with Crippen LogP contribution >= 0.6 is 0 Å². The number of nitrogens with one attached hydrogen (secondary N) is 1. The Labute approximate surface area is 124 Å². The summed E-state index contributed by atoms with van der Waals surface area (Å²) in [7, 11) is 4.86. The van der Waals surface area contributed by atoms with Gasteiger partial charge in [0, 0.05) is 13.7 Å². The number of hydrogen-bond acceptors (Lipinski definition) is 6. The van der Waals surface area contributed by atoms with Crippen molar-refractivity contribution in [3.8, 4) is 0 Å². The minimum atomic E-state index is -1.60. The van der Waals surface area contributed by atoms with E-state index in [1.807, 2.05) is 0 Å². The highest BCUT2D eigenvalue weighted by Crippen LogP contribution is 2.07. The number of carboxylic acids is 1. The highest BCUT2D eigenvalue weighted by Gasteiger charge is 2.32. The van der Waals surface area contributed by atoms with Gasteiger partial charge in [-0.25, -0.2) is 0 Å². The number of hydrogen-bond donors (Lipinski definition) is 4. The first kappa shape index (κ1) is 19.8. The van der Waals surface area contributed by atoms with Crippen LogP contribution in [0.1, 0.15) is 13.3 Å². The molecule has 124 valence electrons. The number of ether oxygens (including phenoxy) is 1. The van der Waals surface area contributed by atoms with Gasteiger partial charge >= 0.3 is 5.97 Å². The Morgan fingerprint density at radius 2 is 1.86 bits per heavy atom. The molecule has 0 saturated carbocycles. The summed E-state index contributed by atoms with van der Waals surface area (Å²) >= 11 is 0. The maximum atomic E-state index is 11.7. The second kappa shape index (κ2) is 9.67. The van der Waals surface area contributed by atoms with E-state index < -0.39 is 36.0 Å². The number of aliphatic carboxylic acids is 1. The number of amides is 1. The largest absolute Gasteiger partial charge is 0.481 e. The number of carboxylic acid groups (broad SMARTS) is 1. The van der Waals surface area contributed by atoms with Crippen LogP contribution < -0.4 is 5.32 Å². The third kappa shape index (κ3) is 6.85. The predicted octanol–water partition coefficient (Wildman–Crippen LogP) is -1.49. The minimum Gasteiger partial charge on any atom is -0.481 e. The summed E-state index contributed by atoms with van der Waals surface area (Å²) in [5.41, 5.74) is 0. The number of nitrogens with zero attached hydrogens (tertiary/aromatic N) is 1. The van der Waals surface area contributed by atoms with Gasteiger partial charge in [0.1, 0.15) is 6.10 Å². The van der Waals surface area contributed by atoms with Gasteiger partial charge < -0.3 is 30.3 Å². The van der Waals surface area contributed by atoms with Crippen LogP contribution in [-0.2, 0) is 14.3 Å². The van der Waals surface area contributed by atoms with E-state index in [1.54, 1.807) is 19.0 Å². The van der Waals surface area contributed by atoms with Crippen molar-refractivity contribution in [1.29, 1.82) is 0 Å². The Bertz CT molecular complexity index is 337. The zero-order valence-corrected chi connectivity index (χ0v) is 12.9. The Balaban J connectivity index is 4.38. The van der Waals surface area contributed by atoms with Gasteiger partial charge in [0.2, 0.25) is 0 Å². The van der Waals surface area contributed by atoms with Crippen LogP contribution in [0, 0.1) is 5.92 Å². The van der Waals surface area contributed by atoms with Crippen molar-refractivity contribution >= 4 is 11.9 Å². The molecule has 0 bridgehead atoms. The fourth-order valence-corrected chi connectivity index (χ4v) is 1.73. The molecule has 21 heavy (non-hydrogen) atoms. The molecule has 0 fully saturated rings. The van der Waals surface area contributed by atoms with Crippen molar-refractivity contribution < 1.29 is 29.6 Å². The number of rotatable bonds is 10. The Hall–Kier alpha value is -1.22. The number of carbonyl (C=O) groups excluding carboxylic acids is 1. The first-order chi connectivity index (χ1) is 9.72. The molecule has 0 radical (unpaired) electrons. The number of carbonyl (C=O) groups is 2. The van der Waals surface area contributed by atoms with Gasteiger partial charge in [-0.05, 0) is 20.5 Å². The number of methoxy groups -OCH3 is 1. The van der Waals surface area contributed by atoms with E-state index in [0.29, 0.717) is 0 Å². The van der Waals surface area contributed by atoms with Gasteiger partial charge in [0.15, 0.2) is 6.10 Å². The third-order valence-electron chi connectivity index (χ3n) is 3.29. The van der Waals surface area contributed by atoms with Crippen molar-refractivity contribution in [2.24, 2.45) is 5.92 Å². The average Bonchev–Trinajstić information content (AvgIpc) is 2.42. The monoisotopic (exact) mass is 306 g/mol. The fourth-order valence-electron chi connectivity index (χ4n) is 1.73. The minimum absolute atomic E-state index is 0.118. The summed E-state index contributed by atoms with van der Waals surface area (Å²) in [6.07, 6.45) is -2.66. The van der Waals surface area contributed by atoms with Crippen LogP contribution in [0.3, 0.4) is 0 Å². The highest BCUT2D eigenvalue weighted by atomic mass is 16.5. The molecule has 1 amide bonds. The summed E-state index contributed by atoms with van der Waals surface area (Å²) in [5.74, 6) is -2.27. The first-order valence-corrected chi connectivity index (χ1v) is 6.74. The zero-order chi connectivity index (χ0) is 16.6. The summed E-state index contributed by atoms with van der Waals surface area (Å²) < 4.78 is 4.95. The lowest BCUT2D eigenvalue weighted by molar-refractivity contribution is -0.142. The van der Waals surface area contributed by atoms with E-state index in [0.717, 1.165) is 0 Å². The molecule has 0 aromatic rings. The maximum absolute atomic E-state index is 11.7. The summed E-state index contributed by atoms with van der Waals surface area (Å²) in [4.78, 5) is 24.0. The van der Waals surface area contributed by atoms with E-state index in [9.17, 15) is 19.8 Å². The van der Waals surface area contributed by atoms with Gasteiger partial charge in [0.05, 0.1) is 18.6 Å². The SMILES string of the molecule is COC[C@@H]([C@H](O)[C@H](O)C(=O)NCC[C@H](C)C(=O)O)N(C)C. The molecule has 0 aliphatic carbocycles. The van der Waals surface area contributed by atoms with Crippen molar-refractivity contribution in [3.63, 3.8) is 0 Å². The van der Waals surface area contributed by atoms with Crippen LogP contribution in [0.4, 0.5) is 0 Å². The van der Waals surface area contributed by atoms with E-state index >= 15 is 0 Å². The standard InChI is InChI=1S/C13H26N2O6/c1-8(13(19)20)5-6-14-12(18)11(17)10(16)9(7-21-4)15(2)3/h8-11,16-17H,5-7H2,1-4H3,(H,14,18)(H,19,20)/t8-,9-,10-,11-/m0/s1. The molecule has 0 rings (SSSR count). The molecule has 4 atom stereocenters. The third-order valence-corrected chi connectivity index (χ3v) is 3.29. The summed E-state index contributed by atoms with van der Waals surface area (Å²) in [5, 5.41) is 31.0. The van der Waals surface area contributed by atoms with Crippen molar-refractivity contribution in [3.05, 3.63) is 0 Å². The molecule has 0 aliphatic heterocycles. The molecule has 0 saturated heterocycles. The molecular weight excluding hydrogens is 280 g/mol. The zero-order valence-electron chi connectivity index (χ0n) is 12.9. The number of aliphatic hydroxyl groups is 2. The molecule has 0 spiro atoms. The predicted molar refractivity (Wildman–Crippen MR) is 75.8 cm³/mol. The number of likely N-dealkylation sites (N-methyl/N-ethyl adjacent to an activating group) is 1. The lowest BCUT2D eigenvalue weighted by Crippen LogP contribution is -2.53. The molecule has 8 nitrogen and oxygen atoms in total. The van der Waals surface area contributed by atoms with E-state index in [-0.39, 0.29) is 19.6 Å².